The van der Waals surface area contributed by atoms with Crippen LogP contribution in [0.5, 0.6) is 11.5 Å². The molecule has 1 saturated heterocycles. The molecule has 37 heavy (non-hydrogen) atoms. The van der Waals surface area contributed by atoms with Crippen LogP contribution in [0.25, 0.3) is 0 Å². The number of benzene rings is 3. The number of urea groups is 1. The molecule has 2 aliphatic rings. The fourth-order valence-corrected chi connectivity index (χ4v) is 4.41. The number of alkyl halides is 3. The first-order valence-electron chi connectivity index (χ1n) is 12.2. The zero-order chi connectivity index (χ0) is 26.2. The molecular weight excluding hydrogens is 481 g/mol. The average molecular weight is 509 g/mol. The fourth-order valence-electron chi connectivity index (χ4n) is 4.41. The van der Waals surface area contributed by atoms with Crippen molar-refractivity contribution in [1.82, 2.24) is 9.80 Å². The van der Waals surface area contributed by atoms with Crippen LogP contribution in [0.1, 0.15) is 36.5 Å². The van der Waals surface area contributed by atoms with E-state index in [0.717, 1.165) is 17.8 Å². The van der Waals surface area contributed by atoms with Gasteiger partial charge in [-0.1, -0.05) is 38.1 Å². The summed E-state index contributed by atoms with van der Waals surface area (Å²) in [6, 6.07) is 18.1. The van der Waals surface area contributed by atoms with Gasteiger partial charge in [-0.25, -0.2) is 9.79 Å². The highest BCUT2D eigenvalue weighted by molar-refractivity contribution is 6.04. The number of carbonyl (C=O) groups is 1. The minimum atomic E-state index is -4.48. The van der Waals surface area contributed by atoms with Crippen molar-refractivity contribution in [3.05, 3.63) is 83.4 Å². The van der Waals surface area contributed by atoms with E-state index in [2.05, 4.69) is 19.2 Å². The Balaban J connectivity index is 1.33. The fraction of sp³-hybridized carbons (Fsp3) is 0.286. The van der Waals surface area contributed by atoms with E-state index in [-0.39, 0.29) is 11.8 Å². The zero-order valence-electron chi connectivity index (χ0n) is 20.5. The molecule has 0 aromatic heterocycles. The van der Waals surface area contributed by atoms with E-state index in [1.807, 2.05) is 41.3 Å². The Hall–Kier alpha value is -4.01. The molecule has 0 atom stereocenters. The number of piperazine rings is 1. The van der Waals surface area contributed by atoms with Crippen molar-refractivity contribution in [3.8, 4) is 11.5 Å². The third-order valence-electron chi connectivity index (χ3n) is 6.56. The normalized spacial score (nSPS) is 15.4. The maximum Gasteiger partial charge on any atom is 0.416 e. The summed E-state index contributed by atoms with van der Waals surface area (Å²) < 4.78 is 45.7. The van der Waals surface area contributed by atoms with Crippen LogP contribution in [0.3, 0.4) is 0 Å². The van der Waals surface area contributed by atoms with E-state index in [1.165, 1.54) is 11.6 Å². The lowest BCUT2D eigenvalue weighted by Crippen LogP contribution is -2.51. The molecule has 0 bridgehead atoms. The molecule has 1 fully saturated rings. The minimum Gasteiger partial charge on any atom is -0.454 e. The van der Waals surface area contributed by atoms with Crippen molar-refractivity contribution in [1.29, 1.82) is 0 Å². The van der Waals surface area contributed by atoms with Crippen LogP contribution in [0, 0.1) is 0 Å². The van der Waals surface area contributed by atoms with Crippen LogP contribution in [0.4, 0.5) is 29.3 Å². The number of aliphatic imine (C=N–C) groups is 1. The van der Waals surface area contributed by atoms with E-state index in [1.54, 1.807) is 17.0 Å². The highest BCUT2D eigenvalue weighted by Crippen LogP contribution is 2.41. The van der Waals surface area contributed by atoms with Gasteiger partial charge in [-0.15, -0.1) is 0 Å². The largest absolute Gasteiger partial charge is 0.454 e. The molecule has 0 aliphatic carbocycles. The topological polar surface area (TPSA) is 57.2 Å². The highest BCUT2D eigenvalue weighted by Gasteiger charge is 2.33. The Labute approximate surface area is 213 Å². The van der Waals surface area contributed by atoms with Gasteiger partial charge in [0.2, 0.25) is 0 Å². The van der Waals surface area contributed by atoms with Gasteiger partial charge >= 0.3 is 12.2 Å². The number of nitrogens with zero attached hydrogens (tertiary/aromatic N) is 3. The van der Waals surface area contributed by atoms with E-state index in [4.69, 9.17) is 9.73 Å². The number of halogens is 3. The molecular formula is C28H27F3N4O2. The predicted molar refractivity (Wildman–Crippen MR) is 137 cm³/mol. The number of ether oxygens (including phenoxy) is 1. The maximum atomic E-state index is 13.3. The second-order valence-electron chi connectivity index (χ2n) is 9.39. The smallest absolute Gasteiger partial charge is 0.416 e. The second-order valence-corrected chi connectivity index (χ2v) is 9.39. The average Bonchev–Trinajstić information content (AvgIpc) is 3.05. The molecule has 0 saturated carbocycles. The Morgan fingerprint density at radius 3 is 2.32 bits per heavy atom. The molecule has 0 spiro atoms. The molecule has 9 heteroatoms. The molecule has 3 aromatic rings. The summed E-state index contributed by atoms with van der Waals surface area (Å²) >= 11 is 0. The van der Waals surface area contributed by atoms with Gasteiger partial charge < -0.3 is 19.9 Å². The lowest BCUT2D eigenvalue weighted by molar-refractivity contribution is -0.137. The first-order chi connectivity index (χ1) is 17.7. The van der Waals surface area contributed by atoms with Gasteiger partial charge in [-0.2, -0.15) is 13.2 Å². The zero-order valence-corrected chi connectivity index (χ0v) is 20.5. The number of carbonyl (C=O) groups excluding carboxylic acids is 1. The molecule has 2 heterocycles. The maximum absolute atomic E-state index is 13.3. The molecule has 0 unspecified atom stereocenters. The third-order valence-corrected chi connectivity index (χ3v) is 6.56. The highest BCUT2D eigenvalue weighted by atomic mass is 19.4. The van der Waals surface area contributed by atoms with Gasteiger partial charge in [0.25, 0.3) is 0 Å². The van der Waals surface area contributed by atoms with Gasteiger partial charge in [0.15, 0.2) is 5.75 Å². The number of amidine groups is 1. The van der Waals surface area contributed by atoms with Crippen molar-refractivity contribution in [3.63, 3.8) is 0 Å². The summed E-state index contributed by atoms with van der Waals surface area (Å²) in [5.74, 6) is 1.51. The van der Waals surface area contributed by atoms with Crippen LogP contribution in [-0.4, -0.2) is 47.8 Å². The Bertz CT molecular complexity index is 1330. The summed E-state index contributed by atoms with van der Waals surface area (Å²) in [6.45, 7) is 6.21. The summed E-state index contributed by atoms with van der Waals surface area (Å²) in [4.78, 5) is 21.4. The standard InChI is InChI=1S/C28H27F3N4O2/c1-18(2)19-7-10-21(11-8-19)32-27(36)35-15-13-34(14-16-35)26-22-5-3-4-6-24(22)37-25-17-20(28(29,30)31)9-12-23(25)33-26/h3-12,17-18H,13-16H2,1-2H3,(H,32,36). The number of fused-ring (bicyclic) bond motifs is 2. The minimum absolute atomic E-state index is 0.0544. The Morgan fingerprint density at radius 2 is 1.65 bits per heavy atom. The summed E-state index contributed by atoms with van der Waals surface area (Å²) in [7, 11) is 0. The number of nitrogens with one attached hydrogen (secondary N) is 1. The van der Waals surface area contributed by atoms with E-state index >= 15 is 0 Å². The van der Waals surface area contributed by atoms with E-state index in [0.29, 0.717) is 54.9 Å². The summed E-state index contributed by atoms with van der Waals surface area (Å²) in [5, 5.41) is 2.95. The second kappa shape index (κ2) is 9.80. The van der Waals surface area contributed by atoms with Crippen LogP contribution in [-0.2, 0) is 6.18 Å². The number of anilines is 1. The predicted octanol–water partition coefficient (Wildman–Crippen LogP) is 6.86. The first kappa shape index (κ1) is 24.7. The quantitative estimate of drug-likeness (QED) is 0.411. The lowest BCUT2D eigenvalue weighted by atomic mass is 10.0. The number of amides is 2. The Morgan fingerprint density at radius 1 is 0.946 bits per heavy atom. The SMILES string of the molecule is CC(C)c1ccc(NC(=O)N2CCN(C3=Nc4ccc(C(F)(F)F)cc4Oc4ccccc43)CC2)cc1. The number of hydrogen-bond donors (Lipinski definition) is 1. The van der Waals surface area contributed by atoms with Crippen LogP contribution in [0.2, 0.25) is 0 Å². The van der Waals surface area contributed by atoms with Gasteiger partial charge in [0.05, 0.1) is 11.1 Å². The first-order valence-corrected chi connectivity index (χ1v) is 12.2. The molecule has 1 N–H and O–H groups in total. The molecule has 5 rings (SSSR count). The number of rotatable bonds is 2. The van der Waals surface area contributed by atoms with Gasteiger partial charge in [-0.05, 0) is 53.9 Å². The van der Waals surface area contributed by atoms with Crippen molar-refractivity contribution < 1.29 is 22.7 Å². The van der Waals surface area contributed by atoms with Gasteiger partial charge in [-0.3, -0.25) is 0 Å². The van der Waals surface area contributed by atoms with Crippen molar-refractivity contribution in [2.45, 2.75) is 25.9 Å². The summed E-state index contributed by atoms with van der Waals surface area (Å²) in [5.41, 5.74) is 2.17. The lowest BCUT2D eigenvalue weighted by Gasteiger charge is -2.36. The third kappa shape index (κ3) is 5.26. The van der Waals surface area contributed by atoms with Crippen molar-refractivity contribution in [2.75, 3.05) is 31.5 Å². The molecule has 192 valence electrons. The Kier molecular flexibility index (Phi) is 6.54. The molecule has 2 aliphatic heterocycles. The monoisotopic (exact) mass is 508 g/mol. The van der Waals surface area contributed by atoms with Crippen LogP contribution < -0.4 is 10.1 Å². The van der Waals surface area contributed by atoms with Crippen LogP contribution in [0.15, 0.2) is 71.7 Å². The van der Waals surface area contributed by atoms with E-state index in [9.17, 15) is 18.0 Å². The number of hydrogen-bond acceptors (Lipinski definition) is 4. The molecule has 0 radical (unpaired) electrons. The van der Waals surface area contributed by atoms with Gasteiger partial charge in [0, 0.05) is 31.9 Å². The van der Waals surface area contributed by atoms with Crippen LogP contribution >= 0.6 is 0 Å². The number of para-hydroxylation sites is 1. The molecule has 3 aromatic carbocycles. The van der Waals surface area contributed by atoms with Crippen molar-refractivity contribution >= 4 is 23.2 Å². The van der Waals surface area contributed by atoms with Crippen molar-refractivity contribution in [2.24, 2.45) is 4.99 Å². The molecule has 6 nitrogen and oxygen atoms in total. The van der Waals surface area contributed by atoms with E-state index < -0.39 is 11.7 Å². The van der Waals surface area contributed by atoms with Gasteiger partial charge in [0.1, 0.15) is 17.3 Å². The summed E-state index contributed by atoms with van der Waals surface area (Å²) in [6.07, 6.45) is -4.48. The molecule has 2 amide bonds.